The van der Waals surface area contributed by atoms with Crippen molar-refractivity contribution in [1.29, 1.82) is 0 Å². The highest BCUT2D eigenvalue weighted by molar-refractivity contribution is 9.10. The average Bonchev–Trinajstić information content (AvgIpc) is 2.90. The summed E-state index contributed by atoms with van der Waals surface area (Å²) in [4.78, 5) is 4.43. The normalized spacial score (nSPS) is 12.6. The number of hydrogen-bond acceptors (Lipinski definition) is 2. The second-order valence-corrected chi connectivity index (χ2v) is 6.64. The summed E-state index contributed by atoms with van der Waals surface area (Å²) in [5.74, 6) is 0.610. The Kier molecular flexibility index (Phi) is 4.35. The van der Waals surface area contributed by atoms with Crippen LogP contribution in [0.2, 0.25) is 10.0 Å². The third kappa shape index (κ3) is 2.60. The second-order valence-electron chi connectivity index (χ2n) is 4.94. The number of hydrogen-bond donors (Lipinski definition) is 0. The molecule has 0 aliphatic heterocycles. The molecule has 1 aromatic heterocycles. The van der Waals surface area contributed by atoms with Crippen LogP contribution in [0.5, 0.6) is 5.75 Å². The number of ether oxygens (including phenoxy) is 1. The van der Waals surface area contributed by atoms with Gasteiger partial charge < -0.3 is 9.30 Å². The molecular weight excluding hydrogens is 387 g/mol. The number of aromatic nitrogens is 2. The van der Waals surface area contributed by atoms with Crippen molar-refractivity contribution in [3.8, 4) is 5.75 Å². The third-order valence-corrected chi connectivity index (χ3v) is 4.90. The van der Waals surface area contributed by atoms with E-state index >= 15 is 0 Å². The first kappa shape index (κ1) is 15.7. The number of nitrogens with zero attached hydrogens (tertiary/aromatic N) is 2. The zero-order valence-corrected chi connectivity index (χ0v) is 15.1. The van der Waals surface area contributed by atoms with E-state index in [0.717, 1.165) is 21.1 Å². The first-order valence-electron chi connectivity index (χ1n) is 6.67. The quantitative estimate of drug-likeness (QED) is 0.562. The summed E-state index contributed by atoms with van der Waals surface area (Å²) < 4.78 is 8.34. The summed E-state index contributed by atoms with van der Waals surface area (Å²) in [6, 6.07) is 9.46. The molecule has 0 aliphatic carbocycles. The van der Waals surface area contributed by atoms with Gasteiger partial charge in [0.25, 0.3) is 0 Å². The molecule has 0 bridgehead atoms. The van der Waals surface area contributed by atoms with E-state index in [2.05, 4.69) is 20.9 Å². The first-order valence-corrected chi connectivity index (χ1v) is 8.21. The molecule has 2 aromatic carbocycles. The van der Waals surface area contributed by atoms with Gasteiger partial charge >= 0.3 is 0 Å². The van der Waals surface area contributed by atoms with Gasteiger partial charge in [0.15, 0.2) is 0 Å². The second kappa shape index (κ2) is 6.11. The Balaban J connectivity index is 2.18. The van der Waals surface area contributed by atoms with E-state index < -0.39 is 0 Å². The maximum atomic E-state index is 6.46. The van der Waals surface area contributed by atoms with Gasteiger partial charge in [0.2, 0.25) is 0 Å². The fourth-order valence-corrected chi connectivity index (χ4v) is 3.65. The molecule has 0 aliphatic rings. The van der Waals surface area contributed by atoms with Gasteiger partial charge in [-0.05, 0) is 37.3 Å². The fraction of sp³-hybridized carbons (Fsp3) is 0.188. The Hall–Kier alpha value is -1.23. The molecule has 0 amide bonds. The Labute approximate surface area is 146 Å². The van der Waals surface area contributed by atoms with Crippen molar-refractivity contribution in [3.05, 3.63) is 56.7 Å². The van der Waals surface area contributed by atoms with Crippen LogP contribution in [0.3, 0.4) is 0 Å². The molecular formula is C16H13BrCl2N2O. The van der Waals surface area contributed by atoms with E-state index in [1.807, 2.05) is 29.7 Å². The number of halogens is 3. The lowest BCUT2D eigenvalue weighted by atomic mass is 10.1. The monoisotopic (exact) mass is 398 g/mol. The molecule has 0 saturated carbocycles. The first-order chi connectivity index (χ1) is 10.5. The van der Waals surface area contributed by atoms with Gasteiger partial charge in [-0.1, -0.05) is 39.1 Å². The van der Waals surface area contributed by atoms with Crippen molar-refractivity contribution in [2.45, 2.75) is 13.0 Å². The SMILES string of the molecule is COc1ccc(Cl)c([C@H](C)n2cnc3ccc(Br)cc32)c1Cl. The van der Waals surface area contributed by atoms with Crippen molar-refractivity contribution in [2.75, 3.05) is 7.11 Å². The number of benzene rings is 2. The van der Waals surface area contributed by atoms with Crippen LogP contribution in [0.25, 0.3) is 11.0 Å². The molecule has 22 heavy (non-hydrogen) atoms. The zero-order valence-electron chi connectivity index (χ0n) is 12.0. The standard InChI is InChI=1S/C16H13BrCl2N2O/c1-9(15-11(18)4-6-14(22-2)16(15)19)21-8-20-12-5-3-10(17)7-13(12)21/h3-9H,1-2H3/t9-/m0/s1. The van der Waals surface area contributed by atoms with Gasteiger partial charge in [-0.25, -0.2) is 4.98 Å². The van der Waals surface area contributed by atoms with Gasteiger partial charge in [0, 0.05) is 15.1 Å². The van der Waals surface area contributed by atoms with Gasteiger partial charge in [0.1, 0.15) is 5.75 Å². The van der Waals surface area contributed by atoms with E-state index in [1.54, 1.807) is 25.6 Å². The molecule has 0 unspecified atom stereocenters. The number of imidazole rings is 1. The van der Waals surface area contributed by atoms with Crippen LogP contribution in [0, 0.1) is 0 Å². The Morgan fingerprint density at radius 3 is 2.73 bits per heavy atom. The van der Waals surface area contributed by atoms with E-state index in [4.69, 9.17) is 27.9 Å². The lowest BCUT2D eigenvalue weighted by Crippen LogP contribution is -2.07. The van der Waals surface area contributed by atoms with Crippen molar-refractivity contribution >= 4 is 50.2 Å². The molecule has 0 N–H and O–H groups in total. The van der Waals surface area contributed by atoms with E-state index in [1.165, 1.54) is 0 Å². The predicted octanol–water partition coefficient (Wildman–Crippen LogP) is 5.72. The topological polar surface area (TPSA) is 27.1 Å². The molecule has 0 saturated heterocycles. The minimum Gasteiger partial charge on any atom is -0.495 e. The molecule has 0 fully saturated rings. The smallest absolute Gasteiger partial charge is 0.137 e. The van der Waals surface area contributed by atoms with Gasteiger partial charge in [0.05, 0.1) is 35.5 Å². The Bertz CT molecular complexity index is 848. The minimum atomic E-state index is -0.0746. The van der Waals surface area contributed by atoms with Gasteiger partial charge in [-0.15, -0.1) is 0 Å². The Morgan fingerprint density at radius 1 is 1.23 bits per heavy atom. The van der Waals surface area contributed by atoms with Gasteiger partial charge in [-0.3, -0.25) is 0 Å². The molecule has 3 aromatic rings. The summed E-state index contributed by atoms with van der Waals surface area (Å²) in [5.41, 5.74) is 2.75. The maximum Gasteiger partial charge on any atom is 0.137 e. The van der Waals surface area contributed by atoms with Crippen LogP contribution < -0.4 is 4.74 Å². The van der Waals surface area contributed by atoms with E-state index in [9.17, 15) is 0 Å². The molecule has 3 nitrogen and oxygen atoms in total. The van der Waals surface area contributed by atoms with Crippen molar-refractivity contribution in [1.82, 2.24) is 9.55 Å². The minimum absolute atomic E-state index is 0.0746. The van der Waals surface area contributed by atoms with Crippen molar-refractivity contribution in [2.24, 2.45) is 0 Å². The van der Waals surface area contributed by atoms with E-state index in [-0.39, 0.29) is 6.04 Å². The van der Waals surface area contributed by atoms with Crippen LogP contribution in [0.1, 0.15) is 18.5 Å². The predicted molar refractivity (Wildman–Crippen MR) is 94.3 cm³/mol. The number of fused-ring (bicyclic) bond motifs is 1. The van der Waals surface area contributed by atoms with Crippen molar-refractivity contribution < 1.29 is 4.74 Å². The number of methoxy groups -OCH3 is 1. The average molecular weight is 400 g/mol. The lowest BCUT2D eigenvalue weighted by molar-refractivity contribution is 0.414. The van der Waals surface area contributed by atoms with Gasteiger partial charge in [-0.2, -0.15) is 0 Å². The van der Waals surface area contributed by atoms with Crippen LogP contribution in [0.15, 0.2) is 41.1 Å². The highest BCUT2D eigenvalue weighted by Crippen LogP contribution is 2.39. The lowest BCUT2D eigenvalue weighted by Gasteiger charge is -2.19. The van der Waals surface area contributed by atoms with E-state index in [0.29, 0.717) is 15.8 Å². The summed E-state index contributed by atoms with van der Waals surface area (Å²) in [6.07, 6.45) is 1.80. The van der Waals surface area contributed by atoms with Crippen LogP contribution in [0.4, 0.5) is 0 Å². The third-order valence-electron chi connectivity index (χ3n) is 3.68. The summed E-state index contributed by atoms with van der Waals surface area (Å²) >= 11 is 16.3. The van der Waals surface area contributed by atoms with Crippen molar-refractivity contribution in [3.63, 3.8) is 0 Å². The van der Waals surface area contributed by atoms with Crippen LogP contribution >= 0.6 is 39.1 Å². The summed E-state index contributed by atoms with van der Waals surface area (Å²) in [5, 5.41) is 1.13. The van der Waals surface area contributed by atoms with Crippen LogP contribution in [-0.2, 0) is 0 Å². The van der Waals surface area contributed by atoms with Crippen LogP contribution in [-0.4, -0.2) is 16.7 Å². The molecule has 6 heteroatoms. The molecule has 3 rings (SSSR count). The molecule has 1 atom stereocenters. The highest BCUT2D eigenvalue weighted by Gasteiger charge is 2.20. The molecule has 1 heterocycles. The number of rotatable bonds is 3. The molecule has 114 valence electrons. The Morgan fingerprint density at radius 2 is 2.00 bits per heavy atom. The fourth-order valence-electron chi connectivity index (χ4n) is 2.54. The summed E-state index contributed by atoms with van der Waals surface area (Å²) in [6.45, 7) is 2.04. The largest absolute Gasteiger partial charge is 0.495 e. The zero-order chi connectivity index (χ0) is 15.9. The molecule has 0 radical (unpaired) electrons. The summed E-state index contributed by atoms with van der Waals surface area (Å²) in [7, 11) is 1.59. The molecule has 0 spiro atoms. The maximum absolute atomic E-state index is 6.46. The highest BCUT2D eigenvalue weighted by atomic mass is 79.9.